The van der Waals surface area contributed by atoms with E-state index in [1.54, 1.807) is 12.1 Å². The van der Waals surface area contributed by atoms with Crippen molar-refractivity contribution in [3.8, 4) is 11.4 Å². The third-order valence-electron chi connectivity index (χ3n) is 5.00. The lowest BCUT2D eigenvalue weighted by molar-refractivity contribution is -0.165. The fraction of sp³-hybridized carbons (Fsp3) is 0.227. The number of benzene rings is 2. The summed E-state index contributed by atoms with van der Waals surface area (Å²) in [6, 6.07) is 16.2. The van der Waals surface area contributed by atoms with E-state index in [-0.39, 0.29) is 22.9 Å². The highest BCUT2D eigenvalue weighted by Crippen LogP contribution is 2.29. The summed E-state index contributed by atoms with van der Waals surface area (Å²) in [5.74, 6) is -1.43. The van der Waals surface area contributed by atoms with Crippen LogP contribution in [-0.4, -0.2) is 43.4 Å². The van der Waals surface area contributed by atoms with Crippen LogP contribution in [0, 0.1) is 0 Å². The monoisotopic (exact) mass is 436 g/mol. The molecule has 31 heavy (non-hydrogen) atoms. The number of imide groups is 1. The van der Waals surface area contributed by atoms with Gasteiger partial charge in [0, 0.05) is 11.6 Å². The van der Waals surface area contributed by atoms with Crippen molar-refractivity contribution in [3.05, 3.63) is 65.7 Å². The van der Waals surface area contributed by atoms with E-state index >= 15 is 0 Å². The molecule has 158 valence electrons. The summed E-state index contributed by atoms with van der Waals surface area (Å²) in [5.41, 5.74) is 1.37. The van der Waals surface area contributed by atoms with Crippen LogP contribution in [0.1, 0.15) is 47.0 Å². The second kappa shape index (κ2) is 8.73. The molecular formula is C22H20N4O4S. The van der Waals surface area contributed by atoms with Gasteiger partial charge < -0.3 is 4.84 Å². The first-order valence-electron chi connectivity index (χ1n) is 9.83. The zero-order valence-corrected chi connectivity index (χ0v) is 17.8. The van der Waals surface area contributed by atoms with Crippen molar-refractivity contribution < 1.29 is 19.2 Å². The Balaban J connectivity index is 1.47. The Morgan fingerprint density at radius 2 is 1.61 bits per heavy atom. The molecule has 2 aromatic carbocycles. The number of hydroxylamine groups is 2. The van der Waals surface area contributed by atoms with Crippen LogP contribution in [-0.2, 0) is 9.63 Å². The van der Waals surface area contributed by atoms with Gasteiger partial charge in [-0.15, -0.1) is 10.2 Å². The molecule has 9 heteroatoms. The number of aromatic nitrogens is 3. The predicted octanol–water partition coefficient (Wildman–Crippen LogP) is 3.76. The molecule has 1 unspecified atom stereocenters. The van der Waals surface area contributed by atoms with Gasteiger partial charge in [0.2, 0.25) is 0 Å². The van der Waals surface area contributed by atoms with Crippen LogP contribution in [0.2, 0.25) is 0 Å². The van der Waals surface area contributed by atoms with Crippen molar-refractivity contribution in [2.45, 2.75) is 31.5 Å². The summed E-state index contributed by atoms with van der Waals surface area (Å²) in [6.45, 7) is 4.11. The maximum absolute atomic E-state index is 12.4. The largest absolute Gasteiger partial charge is 0.343 e. The Morgan fingerprint density at radius 1 is 1.00 bits per heavy atom. The Bertz CT molecular complexity index is 1110. The number of nitrogens with zero attached hydrogens (tertiary/aromatic N) is 4. The van der Waals surface area contributed by atoms with Gasteiger partial charge in [-0.05, 0) is 25.5 Å². The molecule has 0 saturated heterocycles. The van der Waals surface area contributed by atoms with Crippen LogP contribution in [0.4, 0.5) is 0 Å². The number of carbonyl (C=O) groups is 3. The van der Waals surface area contributed by atoms with Gasteiger partial charge in [0.1, 0.15) is 5.75 Å². The maximum atomic E-state index is 12.4. The van der Waals surface area contributed by atoms with Gasteiger partial charge in [-0.3, -0.25) is 14.2 Å². The van der Waals surface area contributed by atoms with Gasteiger partial charge >= 0.3 is 5.97 Å². The van der Waals surface area contributed by atoms with E-state index in [0.29, 0.717) is 16.0 Å². The molecule has 3 aromatic rings. The number of carbonyl (C=O) groups excluding carboxylic acids is 3. The first kappa shape index (κ1) is 20.8. The van der Waals surface area contributed by atoms with Crippen LogP contribution >= 0.6 is 11.8 Å². The minimum absolute atomic E-state index is 0.111. The number of amides is 2. The van der Waals surface area contributed by atoms with E-state index in [1.165, 1.54) is 12.1 Å². The van der Waals surface area contributed by atoms with Crippen molar-refractivity contribution in [1.29, 1.82) is 0 Å². The minimum Gasteiger partial charge on any atom is -0.329 e. The highest BCUT2D eigenvalue weighted by atomic mass is 32.2. The van der Waals surface area contributed by atoms with Crippen molar-refractivity contribution >= 4 is 29.5 Å². The normalized spacial score (nSPS) is 13.9. The molecule has 2 amide bonds. The van der Waals surface area contributed by atoms with Gasteiger partial charge in [0.15, 0.2) is 11.0 Å². The minimum atomic E-state index is -0.723. The van der Waals surface area contributed by atoms with Crippen LogP contribution < -0.4 is 0 Å². The van der Waals surface area contributed by atoms with E-state index in [2.05, 4.69) is 24.0 Å². The molecule has 1 atom stereocenters. The Hall–Kier alpha value is -3.46. The van der Waals surface area contributed by atoms with Crippen LogP contribution in [0.15, 0.2) is 59.8 Å². The van der Waals surface area contributed by atoms with E-state index in [4.69, 9.17) is 4.84 Å². The first-order valence-corrected chi connectivity index (χ1v) is 10.8. The van der Waals surface area contributed by atoms with E-state index in [0.717, 1.165) is 23.7 Å². The molecule has 0 radical (unpaired) electrons. The molecule has 8 nitrogen and oxygen atoms in total. The third-order valence-corrected chi connectivity index (χ3v) is 5.91. The summed E-state index contributed by atoms with van der Waals surface area (Å²) in [4.78, 5) is 42.2. The van der Waals surface area contributed by atoms with Crippen molar-refractivity contribution in [3.63, 3.8) is 0 Å². The van der Waals surface area contributed by atoms with Gasteiger partial charge in [0.05, 0.1) is 11.1 Å². The summed E-state index contributed by atoms with van der Waals surface area (Å²) >= 11 is 1.15. The molecule has 0 N–H and O–H groups in total. The van der Waals surface area contributed by atoms with Gasteiger partial charge in [0.25, 0.3) is 11.8 Å². The number of fused-ring (bicyclic) bond motifs is 1. The molecule has 1 aliphatic rings. The fourth-order valence-corrected chi connectivity index (χ4v) is 4.04. The third kappa shape index (κ3) is 3.96. The molecule has 1 aliphatic heterocycles. The smallest absolute Gasteiger partial charge is 0.329 e. The van der Waals surface area contributed by atoms with Gasteiger partial charge in [-0.25, -0.2) is 4.79 Å². The van der Waals surface area contributed by atoms with E-state index < -0.39 is 17.8 Å². The molecule has 2 heterocycles. The number of hydrogen-bond acceptors (Lipinski definition) is 7. The lowest BCUT2D eigenvalue weighted by Gasteiger charge is -2.16. The zero-order chi connectivity index (χ0) is 22.0. The highest BCUT2D eigenvalue weighted by molar-refractivity contribution is 7.99. The fourth-order valence-electron chi connectivity index (χ4n) is 3.24. The SMILES string of the molecule is CCC(C)n1c(SCC(=O)ON2C(=O)c3ccccc3C2=O)nnc1-c1ccccc1. The van der Waals surface area contributed by atoms with Crippen LogP contribution in [0.3, 0.4) is 0 Å². The maximum Gasteiger partial charge on any atom is 0.343 e. The zero-order valence-electron chi connectivity index (χ0n) is 17.0. The molecule has 1 aromatic heterocycles. The summed E-state index contributed by atoms with van der Waals surface area (Å²) in [7, 11) is 0. The number of hydrogen-bond donors (Lipinski definition) is 0. The molecule has 0 saturated carbocycles. The number of rotatable bonds is 7. The summed E-state index contributed by atoms with van der Waals surface area (Å²) < 4.78 is 1.98. The lowest BCUT2D eigenvalue weighted by Crippen LogP contribution is -2.33. The topological polar surface area (TPSA) is 94.4 Å². The van der Waals surface area contributed by atoms with Crippen molar-refractivity contribution in [2.24, 2.45) is 0 Å². The average Bonchev–Trinajstić information content (AvgIpc) is 3.33. The average molecular weight is 436 g/mol. The molecular weight excluding hydrogens is 416 g/mol. The van der Waals surface area contributed by atoms with Crippen LogP contribution in [0.25, 0.3) is 11.4 Å². The predicted molar refractivity (Wildman–Crippen MR) is 114 cm³/mol. The summed E-state index contributed by atoms with van der Waals surface area (Å²) in [6.07, 6.45) is 0.852. The Kier molecular flexibility index (Phi) is 5.85. The molecule has 4 rings (SSSR count). The standard InChI is InChI=1S/C22H20N4O4S/c1-3-14(2)25-19(15-9-5-4-6-10-15)23-24-22(25)31-13-18(27)30-26-20(28)16-11-7-8-12-17(16)21(26)29/h4-12,14H,3,13H2,1-2H3. The molecule has 0 aliphatic carbocycles. The Labute approximate surface area is 183 Å². The molecule has 0 spiro atoms. The highest BCUT2D eigenvalue weighted by Gasteiger charge is 2.38. The lowest BCUT2D eigenvalue weighted by atomic mass is 10.1. The quantitative estimate of drug-likeness (QED) is 0.411. The van der Waals surface area contributed by atoms with E-state index in [1.807, 2.05) is 34.9 Å². The van der Waals surface area contributed by atoms with Crippen molar-refractivity contribution in [1.82, 2.24) is 19.8 Å². The Morgan fingerprint density at radius 3 is 2.23 bits per heavy atom. The summed E-state index contributed by atoms with van der Waals surface area (Å²) in [5, 5.41) is 9.64. The van der Waals surface area contributed by atoms with Crippen molar-refractivity contribution in [2.75, 3.05) is 5.75 Å². The van der Waals surface area contributed by atoms with Gasteiger partial charge in [-0.2, -0.15) is 0 Å². The first-order chi connectivity index (χ1) is 15.0. The molecule has 0 bridgehead atoms. The van der Waals surface area contributed by atoms with Crippen LogP contribution in [0.5, 0.6) is 0 Å². The molecule has 0 fully saturated rings. The van der Waals surface area contributed by atoms with E-state index in [9.17, 15) is 14.4 Å². The second-order valence-corrected chi connectivity index (χ2v) is 7.94. The second-order valence-electron chi connectivity index (χ2n) is 7.00. The number of thioether (sulfide) groups is 1. The van der Waals surface area contributed by atoms with Gasteiger partial charge in [-0.1, -0.05) is 66.2 Å².